The first kappa shape index (κ1) is 17.3. The predicted octanol–water partition coefficient (Wildman–Crippen LogP) is 5.20. The first-order valence-corrected chi connectivity index (χ1v) is 7.89. The van der Waals surface area contributed by atoms with E-state index in [0.717, 1.165) is 29.1 Å². The van der Waals surface area contributed by atoms with Gasteiger partial charge in [-0.1, -0.05) is 44.2 Å². The van der Waals surface area contributed by atoms with Crippen LogP contribution in [0.15, 0.2) is 60.3 Å². The van der Waals surface area contributed by atoms with Gasteiger partial charge in [0.05, 0.1) is 5.56 Å². The van der Waals surface area contributed by atoms with Gasteiger partial charge >= 0.3 is 6.18 Å². The highest BCUT2D eigenvalue weighted by Gasteiger charge is 2.38. The summed E-state index contributed by atoms with van der Waals surface area (Å²) in [5.74, 6) is -0.309. The standard InChI is InChI=1S/C20H18F3NO/c1-19(2)15-6-4-5-7-16(15)24(3)18(19)12-17(25)13-8-10-14(11-9-13)20(21,22)23/h4-12H,1-3H3/b18-12-. The number of ketones is 1. The molecule has 1 aliphatic rings. The lowest BCUT2D eigenvalue weighted by Crippen LogP contribution is -2.24. The average molecular weight is 345 g/mol. The molecule has 0 spiro atoms. The van der Waals surface area contributed by atoms with E-state index >= 15 is 0 Å². The lowest BCUT2D eigenvalue weighted by Gasteiger charge is -2.24. The van der Waals surface area contributed by atoms with E-state index in [1.54, 1.807) is 0 Å². The van der Waals surface area contributed by atoms with E-state index in [0.29, 0.717) is 0 Å². The molecule has 2 aromatic carbocycles. The minimum atomic E-state index is -4.41. The molecule has 0 aromatic heterocycles. The number of fused-ring (bicyclic) bond motifs is 1. The summed E-state index contributed by atoms with van der Waals surface area (Å²) in [6.07, 6.45) is -2.89. The first-order chi connectivity index (χ1) is 11.6. The monoisotopic (exact) mass is 345 g/mol. The Morgan fingerprint density at radius 2 is 1.64 bits per heavy atom. The van der Waals surface area contributed by atoms with Crippen LogP contribution in [-0.4, -0.2) is 12.8 Å². The third-order valence-corrected chi connectivity index (χ3v) is 4.71. The van der Waals surface area contributed by atoms with Gasteiger partial charge in [0.25, 0.3) is 0 Å². The number of carbonyl (C=O) groups is 1. The van der Waals surface area contributed by atoms with Crippen LogP contribution in [0.1, 0.15) is 35.3 Å². The van der Waals surface area contributed by atoms with Gasteiger partial charge in [0.1, 0.15) is 0 Å². The van der Waals surface area contributed by atoms with Gasteiger partial charge in [0, 0.05) is 35.5 Å². The second-order valence-corrected chi connectivity index (χ2v) is 6.67. The molecule has 0 saturated carbocycles. The van der Waals surface area contributed by atoms with E-state index in [1.165, 1.54) is 18.2 Å². The zero-order valence-electron chi connectivity index (χ0n) is 14.2. The van der Waals surface area contributed by atoms with Gasteiger partial charge in [-0.3, -0.25) is 4.79 Å². The predicted molar refractivity (Wildman–Crippen MR) is 91.7 cm³/mol. The Balaban J connectivity index is 1.94. The normalized spacial score (nSPS) is 17.7. The molecule has 0 bridgehead atoms. The van der Waals surface area contributed by atoms with Gasteiger partial charge in [-0.25, -0.2) is 0 Å². The largest absolute Gasteiger partial charge is 0.416 e. The highest BCUT2D eigenvalue weighted by Crippen LogP contribution is 2.46. The number of likely N-dealkylation sites (N-methyl/N-ethyl adjacent to an activating group) is 1. The Bertz CT molecular complexity index is 848. The van der Waals surface area contributed by atoms with E-state index in [2.05, 4.69) is 0 Å². The van der Waals surface area contributed by atoms with Crippen LogP contribution in [0.25, 0.3) is 0 Å². The molecular formula is C20H18F3NO. The van der Waals surface area contributed by atoms with Crippen molar-refractivity contribution < 1.29 is 18.0 Å². The van der Waals surface area contributed by atoms with Crippen LogP contribution in [0.5, 0.6) is 0 Å². The maximum absolute atomic E-state index is 12.6. The summed E-state index contributed by atoms with van der Waals surface area (Å²) in [6, 6.07) is 12.2. The van der Waals surface area contributed by atoms with E-state index in [9.17, 15) is 18.0 Å². The maximum atomic E-state index is 12.6. The third-order valence-electron chi connectivity index (χ3n) is 4.71. The molecule has 0 atom stereocenters. The highest BCUT2D eigenvalue weighted by molar-refractivity contribution is 6.05. The number of hydrogen-bond acceptors (Lipinski definition) is 2. The third kappa shape index (κ3) is 2.95. The number of halogens is 3. The molecule has 130 valence electrons. The zero-order valence-corrected chi connectivity index (χ0v) is 14.2. The van der Waals surface area contributed by atoms with Crippen molar-refractivity contribution in [1.29, 1.82) is 0 Å². The molecule has 1 heterocycles. The van der Waals surface area contributed by atoms with E-state index in [-0.39, 0.29) is 16.8 Å². The molecule has 0 aliphatic carbocycles. The van der Waals surface area contributed by atoms with Crippen LogP contribution >= 0.6 is 0 Å². The van der Waals surface area contributed by atoms with E-state index in [4.69, 9.17) is 0 Å². The van der Waals surface area contributed by atoms with Crippen molar-refractivity contribution in [2.75, 3.05) is 11.9 Å². The van der Waals surface area contributed by atoms with Crippen LogP contribution in [-0.2, 0) is 11.6 Å². The number of carbonyl (C=O) groups excluding carboxylic acids is 1. The first-order valence-electron chi connectivity index (χ1n) is 7.89. The Kier molecular flexibility index (Phi) is 3.98. The summed E-state index contributed by atoms with van der Waals surface area (Å²) < 4.78 is 37.9. The van der Waals surface area contributed by atoms with Crippen molar-refractivity contribution in [3.8, 4) is 0 Å². The average Bonchev–Trinajstić information content (AvgIpc) is 2.75. The summed E-state index contributed by atoms with van der Waals surface area (Å²) in [4.78, 5) is 14.5. The zero-order chi connectivity index (χ0) is 18.4. The Hall–Kier alpha value is -2.56. The molecule has 0 amide bonds. The molecule has 0 unspecified atom stereocenters. The van der Waals surface area contributed by atoms with Crippen molar-refractivity contribution in [3.63, 3.8) is 0 Å². The fraction of sp³-hybridized carbons (Fsp3) is 0.250. The molecular weight excluding hydrogens is 327 g/mol. The fourth-order valence-electron chi connectivity index (χ4n) is 3.29. The second-order valence-electron chi connectivity index (χ2n) is 6.67. The molecule has 1 aliphatic heterocycles. The summed E-state index contributed by atoms with van der Waals surface area (Å²) in [5.41, 5.74) is 2.08. The van der Waals surface area contributed by atoms with Crippen molar-refractivity contribution in [2.24, 2.45) is 0 Å². The van der Waals surface area contributed by atoms with Gasteiger partial charge in [0.15, 0.2) is 5.78 Å². The summed E-state index contributed by atoms with van der Waals surface area (Å²) in [6.45, 7) is 4.06. The van der Waals surface area contributed by atoms with E-state index in [1.807, 2.05) is 50.1 Å². The molecule has 3 rings (SSSR count). The Labute approximate surface area is 144 Å². The van der Waals surface area contributed by atoms with Crippen molar-refractivity contribution in [2.45, 2.75) is 25.4 Å². The number of rotatable bonds is 2. The van der Waals surface area contributed by atoms with Crippen molar-refractivity contribution >= 4 is 11.5 Å². The van der Waals surface area contributed by atoms with Crippen LogP contribution < -0.4 is 4.90 Å². The Morgan fingerprint density at radius 3 is 2.20 bits per heavy atom. The van der Waals surface area contributed by atoms with Gasteiger partial charge in [-0.15, -0.1) is 0 Å². The molecule has 2 nitrogen and oxygen atoms in total. The minimum absolute atomic E-state index is 0.237. The lowest BCUT2D eigenvalue weighted by atomic mass is 9.83. The molecule has 0 radical (unpaired) electrons. The number of allylic oxidation sites excluding steroid dienone is 2. The van der Waals surface area contributed by atoms with E-state index < -0.39 is 11.7 Å². The van der Waals surface area contributed by atoms with Crippen molar-refractivity contribution in [1.82, 2.24) is 0 Å². The van der Waals surface area contributed by atoms with Gasteiger partial charge in [-0.05, 0) is 23.8 Å². The molecule has 0 N–H and O–H groups in total. The quantitative estimate of drug-likeness (QED) is 0.551. The number of alkyl halides is 3. The number of benzene rings is 2. The van der Waals surface area contributed by atoms with Crippen LogP contribution in [0.2, 0.25) is 0 Å². The minimum Gasteiger partial charge on any atom is -0.347 e. The molecule has 0 saturated heterocycles. The van der Waals surface area contributed by atoms with Gasteiger partial charge < -0.3 is 4.90 Å². The highest BCUT2D eigenvalue weighted by atomic mass is 19.4. The number of nitrogens with zero attached hydrogens (tertiary/aromatic N) is 1. The summed E-state index contributed by atoms with van der Waals surface area (Å²) in [5, 5.41) is 0. The maximum Gasteiger partial charge on any atom is 0.416 e. The SMILES string of the molecule is CN1/C(=C\C(=O)c2ccc(C(F)(F)F)cc2)C(C)(C)c2ccccc21. The lowest BCUT2D eigenvalue weighted by molar-refractivity contribution is -0.137. The van der Waals surface area contributed by atoms with Crippen LogP contribution in [0, 0.1) is 0 Å². The van der Waals surface area contributed by atoms with Gasteiger partial charge in [0.2, 0.25) is 0 Å². The summed E-state index contributed by atoms with van der Waals surface area (Å²) in [7, 11) is 1.89. The summed E-state index contributed by atoms with van der Waals surface area (Å²) >= 11 is 0. The molecule has 25 heavy (non-hydrogen) atoms. The molecule has 5 heteroatoms. The molecule has 2 aromatic rings. The van der Waals surface area contributed by atoms with Crippen LogP contribution in [0.4, 0.5) is 18.9 Å². The molecule has 0 fully saturated rings. The number of para-hydroxylation sites is 1. The number of hydrogen-bond donors (Lipinski definition) is 0. The fourth-order valence-corrected chi connectivity index (χ4v) is 3.29. The Morgan fingerprint density at radius 1 is 1.04 bits per heavy atom. The topological polar surface area (TPSA) is 20.3 Å². The van der Waals surface area contributed by atoms with Crippen molar-refractivity contribution in [3.05, 3.63) is 77.0 Å². The van der Waals surface area contributed by atoms with Crippen LogP contribution in [0.3, 0.4) is 0 Å². The smallest absolute Gasteiger partial charge is 0.347 e. The number of anilines is 1. The van der Waals surface area contributed by atoms with Gasteiger partial charge in [-0.2, -0.15) is 13.2 Å². The second kappa shape index (κ2) is 5.76.